The first-order chi connectivity index (χ1) is 9.44. The largest absolute Gasteiger partial charge is 0.311 e. The number of rotatable bonds is 4. The predicted molar refractivity (Wildman–Crippen MR) is 77.8 cm³/mol. The Labute approximate surface area is 120 Å². The summed E-state index contributed by atoms with van der Waals surface area (Å²) in [7, 11) is 5.88. The zero-order valence-corrected chi connectivity index (χ0v) is 12.8. The zero-order chi connectivity index (χ0) is 14.9. The summed E-state index contributed by atoms with van der Waals surface area (Å²) in [5.41, 5.74) is 0.648. The van der Waals surface area contributed by atoms with Crippen LogP contribution in [-0.4, -0.2) is 31.6 Å². The Morgan fingerprint density at radius 1 is 1.15 bits per heavy atom. The number of hydrogen-bond acceptors (Lipinski definition) is 2. The molecule has 1 aromatic carbocycles. The van der Waals surface area contributed by atoms with Crippen LogP contribution in [0.3, 0.4) is 0 Å². The van der Waals surface area contributed by atoms with Gasteiger partial charge in [0.15, 0.2) is 11.6 Å². The van der Waals surface area contributed by atoms with Gasteiger partial charge in [-0.05, 0) is 46.5 Å². The van der Waals surface area contributed by atoms with E-state index in [4.69, 9.17) is 0 Å². The van der Waals surface area contributed by atoms with Crippen LogP contribution in [0.25, 0.3) is 0 Å². The number of nitrogens with zero attached hydrogens (tertiary/aromatic N) is 1. The molecule has 1 unspecified atom stereocenters. The van der Waals surface area contributed by atoms with E-state index in [2.05, 4.69) is 10.2 Å². The van der Waals surface area contributed by atoms with Crippen molar-refractivity contribution >= 4 is 0 Å². The molecule has 112 valence electrons. The summed E-state index contributed by atoms with van der Waals surface area (Å²) in [6.45, 7) is 1.59. The number of benzene rings is 1. The predicted octanol–water partition coefficient (Wildman–Crippen LogP) is 3.41. The van der Waals surface area contributed by atoms with Crippen LogP contribution in [0, 0.1) is 18.6 Å². The second-order valence-corrected chi connectivity index (χ2v) is 6.03. The van der Waals surface area contributed by atoms with Crippen molar-refractivity contribution in [3.05, 3.63) is 34.9 Å². The highest BCUT2D eigenvalue weighted by molar-refractivity contribution is 5.31. The van der Waals surface area contributed by atoms with Gasteiger partial charge in [0.05, 0.1) is 6.04 Å². The van der Waals surface area contributed by atoms with Gasteiger partial charge in [-0.1, -0.05) is 25.0 Å². The fourth-order valence-corrected chi connectivity index (χ4v) is 3.58. The minimum Gasteiger partial charge on any atom is -0.311 e. The third kappa shape index (κ3) is 2.35. The average molecular weight is 282 g/mol. The molecule has 0 aliphatic heterocycles. The molecule has 1 N–H and O–H groups in total. The molecule has 0 amide bonds. The van der Waals surface area contributed by atoms with Crippen molar-refractivity contribution < 1.29 is 8.78 Å². The van der Waals surface area contributed by atoms with Crippen molar-refractivity contribution in [2.45, 2.75) is 44.2 Å². The van der Waals surface area contributed by atoms with Crippen molar-refractivity contribution in [1.82, 2.24) is 10.2 Å². The summed E-state index contributed by atoms with van der Waals surface area (Å²) < 4.78 is 28.2. The Morgan fingerprint density at radius 2 is 1.75 bits per heavy atom. The maximum atomic E-state index is 14.4. The van der Waals surface area contributed by atoms with Gasteiger partial charge in [-0.15, -0.1) is 0 Å². The summed E-state index contributed by atoms with van der Waals surface area (Å²) in [4.78, 5) is 2.17. The number of likely N-dealkylation sites (N-methyl/N-ethyl adjacent to an activating group) is 2. The second kappa shape index (κ2) is 5.78. The summed E-state index contributed by atoms with van der Waals surface area (Å²) in [5.74, 6) is -1.44. The molecule has 1 aliphatic rings. The summed E-state index contributed by atoms with van der Waals surface area (Å²) in [6.07, 6.45) is 4.26. The normalized spacial score (nSPS) is 19.6. The van der Waals surface area contributed by atoms with Gasteiger partial charge in [0.2, 0.25) is 0 Å². The van der Waals surface area contributed by atoms with Crippen molar-refractivity contribution in [3.63, 3.8) is 0 Å². The number of aryl methyl sites for hydroxylation is 1. The van der Waals surface area contributed by atoms with Crippen molar-refractivity contribution in [3.8, 4) is 0 Å². The lowest BCUT2D eigenvalue weighted by atomic mass is 9.82. The standard InChI is InChI=1S/C16H24F2N2/c1-11-7-8-12(14(18)13(11)17)15(19-2)16(20(3)4)9-5-6-10-16/h7-8,15,19H,5-6,9-10H2,1-4H3. The van der Waals surface area contributed by atoms with Crippen molar-refractivity contribution in [2.75, 3.05) is 21.1 Å². The SMILES string of the molecule is CNC(c1ccc(C)c(F)c1F)C1(N(C)C)CCCC1. The highest BCUT2D eigenvalue weighted by atomic mass is 19.2. The van der Waals surface area contributed by atoms with E-state index in [-0.39, 0.29) is 11.6 Å². The van der Waals surface area contributed by atoms with Gasteiger partial charge >= 0.3 is 0 Å². The van der Waals surface area contributed by atoms with Crippen LogP contribution < -0.4 is 5.32 Å². The van der Waals surface area contributed by atoms with Gasteiger partial charge in [-0.25, -0.2) is 8.78 Å². The average Bonchev–Trinajstić information content (AvgIpc) is 2.90. The van der Waals surface area contributed by atoms with E-state index in [9.17, 15) is 8.78 Å². The van der Waals surface area contributed by atoms with Crippen LogP contribution in [0.4, 0.5) is 8.78 Å². The van der Waals surface area contributed by atoms with Crippen LogP contribution >= 0.6 is 0 Å². The van der Waals surface area contributed by atoms with E-state index in [1.807, 2.05) is 21.1 Å². The molecule has 0 aromatic heterocycles. The number of halogens is 2. The summed E-state index contributed by atoms with van der Waals surface area (Å²) in [6, 6.07) is 3.18. The Hall–Kier alpha value is -1.00. The highest BCUT2D eigenvalue weighted by Crippen LogP contribution is 2.44. The lowest BCUT2D eigenvalue weighted by Crippen LogP contribution is -2.51. The molecule has 1 aromatic rings. The van der Waals surface area contributed by atoms with Gasteiger partial charge in [-0.2, -0.15) is 0 Å². The molecular formula is C16H24F2N2. The maximum Gasteiger partial charge on any atom is 0.163 e. The van der Waals surface area contributed by atoms with E-state index in [1.165, 1.54) is 0 Å². The van der Waals surface area contributed by atoms with Crippen LogP contribution in [0.1, 0.15) is 42.9 Å². The van der Waals surface area contributed by atoms with Gasteiger partial charge in [-0.3, -0.25) is 0 Å². The molecule has 0 spiro atoms. The second-order valence-electron chi connectivity index (χ2n) is 6.03. The molecule has 0 bridgehead atoms. The fourth-order valence-electron chi connectivity index (χ4n) is 3.58. The molecule has 0 radical (unpaired) electrons. The summed E-state index contributed by atoms with van der Waals surface area (Å²) in [5, 5.41) is 3.22. The van der Waals surface area contributed by atoms with Crippen LogP contribution in [0.5, 0.6) is 0 Å². The molecule has 2 rings (SSSR count). The first kappa shape index (κ1) is 15.4. The third-order valence-electron chi connectivity index (χ3n) is 4.80. The minimum absolute atomic E-state index is 0.142. The van der Waals surface area contributed by atoms with Gasteiger partial charge in [0.25, 0.3) is 0 Å². The van der Waals surface area contributed by atoms with Crippen LogP contribution in [0.2, 0.25) is 0 Å². The maximum absolute atomic E-state index is 14.4. The first-order valence-electron chi connectivity index (χ1n) is 7.23. The topological polar surface area (TPSA) is 15.3 Å². The van der Waals surface area contributed by atoms with Gasteiger partial charge < -0.3 is 10.2 Å². The first-order valence-corrected chi connectivity index (χ1v) is 7.23. The molecule has 1 saturated carbocycles. The Balaban J connectivity index is 2.49. The molecule has 0 heterocycles. The lowest BCUT2D eigenvalue weighted by molar-refractivity contribution is 0.106. The van der Waals surface area contributed by atoms with E-state index >= 15 is 0 Å². The lowest BCUT2D eigenvalue weighted by Gasteiger charge is -2.43. The Kier molecular flexibility index (Phi) is 4.45. The molecule has 1 atom stereocenters. The quantitative estimate of drug-likeness (QED) is 0.910. The van der Waals surface area contributed by atoms with Gasteiger partial charge in [0.1, 0.15) is 0 Å². The molecule has 2 nitrogen and oxygen atoms in total. The zero-order valence-electron chi connectivity index (χ0n) is 12.8. The molecule has 20 heavy (non-hydrogen) atoms. The van der Waals surface area contributed by atoms with E-state index in [1.54, 1.807) is 19.1 Å². The smallest absolute Gasteiger partial charge is 0.163 e. The van der Waals surface area contributed by atoms with Crippen LogP contribution in [-0.2, 0) is 0 Å². The van der Waals surface area contributed by atoms with Crippen molar-refractivity contribution in [2.24, 2.45) is 0 Å². The minimum atomic E-state index is -0.727. The Morgan fingerprint density at radius 3 is 2.25 bits per heavy atom. The molecule has 0 saturated heterocycles. The van der Waals surface area contributed by atoms with Gasteiger partial charge in [0, 0.05) is 11.1 Å². The highest BCUT2D eigenvalue weighted by Gasteiger charge is 2.44. The van der Waals surface area contributed by atoms with E-state index in [0.717, 1.165) is 25.7 Å². The van der Waals surface area contributed by atoms with Crippen molar-refractivity contribution in [1.29, 1.82) is 0 Å². The molecule has 1 fully saturated rings. The number of nitrogens with one attached hydrogen (secondary N) is 1. The van der Waals surface area contributed by atoms with E-state index in [0.29, 0.717) is 11.1 Å². The molecule has 1 aliphatic carbocycles. The number of hydrogen-bond donors (Lipinski definition) is 1. The summed E-state index contributed by atoms with van der Waals surface area (Å²) >= 11 is 0. The van der Waals surface area contributed by atoms with E-state index < -0.39 is 11.6 Å². The monoisotopic (exact) mass is 282 g/mol. The molecular weight excluding hydrogens is 258 g/mol. The third-order valence-corrected chi connectivity index (χ3v) is 4.80. The fraction of sp³-hybridized carbons (Fsp3) is 0.625. The van der Waals surface area contributed by atoms with Crippen LogP contribution in [0.15, 0.2) is 12.1 Å². The molecule has 4 heteroatoms. The Bertz CT molecular complexity index is 480.